The lowest BCUT2D eigenvalue weighted by molar-refractivity contribution is -0.147. The van der Waals surface area contributed by atoms with Crippen LogP contribution in [0.4, 0.5) is 0 Å². The molecule has 1 fully saturated rings. The predicted octanol–water partition coefficient (Wildman–Crippen LogP) is 4.93. The average molecular weight is 397 g/mol. The first-order valence-electron chi connectivity index (χ1n) is 10.3. The molecule has 1 saturated heterocycles. The number of carbonyl (C=O) groups excluding carboxylic acids is 2. The Bertz CT molecular complexity index is 832. The van der Waals surface area contributed by atoms with Gasteiger partial charge in [-0.25, -0.2) is 0 Å². The standard InChI is InChI=1S/C23H26N2O2.C2H6.2H2/c1-4-22(3)17(2)15-23(18-11-7-5-8-12-18,19-13-9-6-10-14-19)21(27)25(22)16-20(24)26;1-2;;/h5-14H,2,4,15-16H2,1,3H3,(H2,24,26);1-2H3;2*1H. The van der Waals surface area contributed by atoms with Gasteiger partial charge in [-0.1, -0.05) is 93.6 Å². The molecule has 4 heteroatoms. The number of nitrogens with zero attached hydrogens (tertiary/aromatic N) is 1. The van der Waals surface area contributed by atoms with E-state index in [0.29, 0.717) is 12.8 Å². The van der Waals surface area contributed by atoms with Gasteiger partial charge in [-0.15, -0.1) is 0 Å². The molecule has 158 valence electrons. The fraction of sp³-hybridized carbons (Fsp3) is 0.360. The molecule has 0 aromatic heterocycles. The summed E-state index contributed by atoms with van der Waals surface area (Å²) >= 11 is 0. The number of hydrogen-bond acceptors (Lipinski definition) is 2. The van der Waals surface area contributed by atoms with E-state index in [-0.39, 0.29) is 15.3 Å². The number of piperidine rings is 1. The maximum Gasteiger partial charge on any atom is 0.239 e. The Kier molecular flexibility index (Phi) is 7.02. The Morgan fingerprint density at radius 2 is 1.52 bits per heavy atom. The van der Waals surface area contributed by atoms with Gasteiger partial charge in [0, 0.05) is 2.85 Å². The van der Waals surface area contributed by atoms with Crippen molar-refractivity contribution in [1.29, 1.82) is 0 Å². The van der Waals surface area contributed by atoms with Crippen molar-refractivity contribution in [3.8, 4) is 0 Å². The summed E-state index contributed by atoms with van der Waals surface area (Å²) in [6.07, 6.45) is 1.17. The second kappa shape index (κ2) is 9.08. The van der Waals surface area contributed by atoms with Gasteiger partial charge in [0.05, 0.1) is 5.54 Å². The number of amides is 2. The Morgan fingerprint density at radius 3 is 1.90 bits per heavy atom. The van der Waals surface area contributed by atoms with Crippen molar-refractivity contribution in [2.75, 3.05) is 6.54 Å². The maximum atomic E-state index is 14.0. The van der Waals surface area contributed by atoms with E-state index in [9.17, 15) is 9.59 Å². The highest BCUT2D eigenvalue weighted by Gasteiger charge is 2.54. The van der Waals surface area contributed by atoms with Gasteiger partial charge in [0.2, 0.25) is 11.8 Å². The summed E-state index contributed by atoms with van der Waals surface area (Å²) in [5.41, 5.74) is 6.72. The van der Waals surface area contributed by atoms with Crippen LogP contribution in [-0.4, -0.2) is 28.8 Å². The molecule has 1 aliphatic rings. The first-order chi connectivity index (χ1) is 13.9. The SMILES string of the molecule is C=C1CC(c2ccccc2)(c2ccccc2)C(=O)N(CC(N)=O)C1(C)CC.CC.[HH].[HH]. The third-order valence-electron chi connectivity index (χ3n) is 5.98. The number of benzene rings is 2. The molecule has 0 aliphatic carbocycles. The Balaban J connectivity index is 0.00000219. The summed E-state index contributed by atoms with van der Waals surface area (Å²) in [7, 11) is 0. The number of likely N-dealkylation sites (tertiary alicyclic amines) is 1. The normalized spacial score (nSPS) is 20.6. The number of rotatable bonds is 5. The zero-order valence-corrected chi connectivity index (χ0v) is 17.9. The Hall–Kier alpha value is -2.88. The van der Waals surface area contributed by atoms with E-state index in [0.717, 1.165) is 16.7 Å². The maximum absolute atomic E-state index is 14.0. The summed E-state index contributed by atoms with van der Waals surface area (Å²) in [5, 5.41) is 0. The second-order valence-corrected chi connectivity index (χ2v) is 7.40. The molecule has 2 aromatic carbocycles. The quantitative estimate of drug-likeness (QED) is 0.728. The average Bonchev–Trinajstić information content (AvgIpc) is 2.76. The molecule has 2 aromatic rings. The summed E-state index contributed by atoms with van der Waals surface area (Å²) in [5.74, 6) is -0.622. The van der Waals surface area contributed by atoms with E-state index >= 15 is 0 Å². The molecule has 1 unspecified atom stereocenters. The first kappa shape index (κ1) is 22.4. The zero-order chi connectivity index (χ0) is 21.7. The van der Waals surface area contributed by atoms with Crippen molar-refractivity contribution >= 4 is 11.8 Å². The molecule has 0 radical (unpaired) electrons. The van der Waals surface area contributed by atoms with Crippen molar-refractivity contribution < 1.29 is 12.4 Å². The van der Waals surface area contributed by atoms with Crippen LogP contribution in [-0.2, 0) is 15.0 Å². The van der Waals surface area contributed by atoms with Crippen molar-refractivity contribution in [2.45, 2.75) is 51.5 Å². The van der Waals surface area contributed by atoms with Crippen molar-refractivity contribution in [1.82, 2.24) is 4.90 Å². The molecule has 1 heterocycles. The predicted molar refractivity (Wildman–Crippen MR) is 123 cm³/mol. The lowest BCUT2D eigenvalue weighted by atomic mass is 9.63. The highest BCUT2D eigenvalue weighted by Crippen LogP contribution is 2.48. The first-order valence-corrected chi connectivity index (χ1v) is 10.3. The highest BCUT2D eigenvalue weighted by atomic mass is 16.2. The topological polar surface area (TPSA) is 63.4 Å². The molecule has 0 spiro atoms. The van der Waals surface area contributed by atoms with E-state index in [1.807, 2.05) is 88.4 Å². The fourth-order valence-corrected chi connectivity index (χ4v) is 4.14. The Labute approximate surface area is 177 Å². The Morgan fingerprint density at radius 1 is 1.07 bits per heavy atom. The van der Waals surface area contributed by atoms with Crippen LogP contribution in [0, 0.1) is 0 Å². The van der Waals surface area contributed by atoms with Gasteiger partial charge in [0.15, 0.2) is 0 Å². The minimum Gasteiger partial charge on any atom is -0.368 e. The second-order valence-electron chi connectivity index (χ2n) is 7.40. The van der Waals surface area contributed by atoms with Crippen molar-refractivity contribution in [3.05, 3.63) is 83.9 Å². The lowest BCUT2D eigenvalue weighted by Gasteiger charge is -2.53. The molecule has 4 nitrogen and oxygen atoms in total. The minimum absolute atomic E-state index is 0. The molecule has 1 atom stereocenters. The zero-order valence-electron chi connectivity index (χ0n) is 17.9. The van der Waals surface area contributed by atoms with Crippen LogP contribution in [0.25, 0.3) is 0 Å². The smallest absolute Gasteiger partial charge is 0.239 e. The molecular weight excluding hydrogens is 360 g/mol. The third-order valence-corrected chi connectivity index (χ3v) is 5.98. The molecular formula is C25H36N2O2. The largest absolute Gasteiger partial charge is 0.368 e. The summed E-state index contributed by atoms with van der Waals surface area (Å²) in [6.45, 7) is 12.2. The molecule has 0 saturated carbocycles. The van der Waals surface area contributed by atoms with Gasteiger partial charge in [-0.05, 0) is 30.9 Å². The van der Waals surface area contributed by atoms with Crippen molar-refractivity contribution in [2.24, 2.45) is 5.73 Å². The van der Waals surface area contributed by atoms with Crippen LogP contribution in [0.1, 0.15) is 54.5 Å². The van der Waals surface area contributed by atoms with Gasteiger partial charge < -0.3 is 10.6 Å². The number of nitrogens with two attached hydrogens (primary N) is 1. The monoisotopic (exact) mass is 396 g/mol. The fourth-order valence-electron chi connectivity index (χ4n) is 4.14. The molecule has 0 bridgehead atoms. The van der Waals surface area contributed by atoms with E-state index < -0.39 is 16.9 Å². The lowest BCUT2D eigenvalue weighted by Crippen LogP contribution is -2.64. The molecule has 1 aliphatic heterocycles. The summed E-state index contributed by atoms with van der Waals surface area (Å²) < 4.78 is 0. The molecule has 3 rings (SSSR count). The van der Waals surface area contributed by atoms with Crippen LogP contribution < -0.4 is 5.73 Å². The number of hydrogen-bond donors (Lipinski definition) is 1. The van der Waals surface area contributed by atoms with Gasteiger partial charge in [0.25, 0.3) is 0 Å². The highest BCUT2D eigenvalue weighted by molar-refractivity contribution is 5.97. The van der Waals surface area contributed by atoms with Crippen LogP contribution in [0.5, 0.6) is 0 Å². The number of carbonyl (C=O) groups is 2. The summed E-state index contributed by atoms with van der Waals surface area (Å²) in [6, 6.07) is 19.5. The van der Waals surface area contributed by atoms with Gasteiger partial charge in [-0.2, -0.15) is 0 Å². The van der Waals surface area contributed by atoms with E-state index in [1.165, 1.54) is 0 Å². The third kappa shape index (κ3) is 3.84. The molecule has 2 amide bonds. The van der Waals surface area contributed by atoms with Crippen LogP contribution in [0.3, 0.4) is 0 Å². The van der Waals surface area contributed by atoms with E-state index in [1.54, 1.807) is 4.90 Å². The van der Waals surface area contributed by atoms with Crippen LogP contribution in [0.15, 0.2) is 72.8 Å². The summed E-state index contributed by atoms with van der Waals surface area (Å²) in [4.78, 5) is 27.4. The van der Waals surface area contributed by atoms with E-state index in [2.05, 4.69) is 6.58 Å². The molecule has 2 N–H and O–H groups in total. The molecule has 29 heavy (non-hydrogen) atoms. The van der Waals surface area contributed by atoms with E-state index in [4.69, 9.17) is 5.73 Å². The van der Waals surface area contributed by atoms with Crippen LogP contribution >= 0.6 is 0 Å². The van der Waals surface area contributed by atoms with Gasteiger partial charge in [0.1, 0.15) is 12.0 Å². The minimum atomic E-state index is -0.913. The van der Waals surface area contributed by atoms with Gasteiger partial charge in [-0.3, -0.25) is 9.59 Å². The van der Waals surface area contributed by atoms with Crippen molar-refractivity contribution in [3.63, 3.8) is 0 Å². The number of primary amides is 1. The van der Waals surface area contributed by atoms with Crippen LogP contribution in [0.2, 0.25) is 0 Å². The van der Waals surface area contributed by atoms with Gasteiger partial charge >= 0.3 is 0 Å².